The van der Waals surface area contributed by atoms with E-state index in [1.807, 2.05) is 24.3 Å². The molecule has 46 heavy (non-hydrogen) atoms. The van der Waals surface area contributed by atoms with Crippen molar-refractivity contribution in [1.29, 1.82) is 0 Å². The van der Waals surface area contributed by atoms with Gasteiger partial charge in [-0.25, -0.2) is 4.98 Å². The molecule has 6 aromatic carbocycles. The van der Waals surface area contributed by atoms with E-state index in [0.717, 1.165) is 33.3 Å². The van der Waals surface area contributed by atoms with Crippen molar-refractivity contribution in [3.63, 3.8) is 0 Å². The van der Waals surface area contributed by atoms with E-state index in [4.69, 9.17) is 15.0 Å². The van der Waals surface area contributed by atoms with Crippen LogP contribution in [-0.4, -0.2) is 19.5 Å². The van der Waals surface area contributed by atoms with Crippen LogP contribution in [0.3, 0.4) is 0 Å². The van der Waals surface area contributed by atoms with Gasteiger partial charge in [0.1, 0.15) is 0 Å². The zero-order valence-electron chi connectivity index (χ0n) is 25.6. The zero-order chi connectivity index (χ0) is 30.8. The molecule has 0 saturated carbocycles. The van der Waals surface area contributed by atoms with Gasteiger partial charge in [-0.2, -0.15) is 9.97 Å². The van der Waals surface area contributed by atoms with Crippen LogP contribution in [0.4, 0.5) is 0 Å². The standard InChI is InChI=1S/C42H30N4/c1-42(2)35-22-11-9-20-31(35)33-26-38-34(25-36(33)42)32-21-10-12-23-37(32)46(38)41-44-39(28-16-7-4-8-17-28)43-40(45-41)30-19-13-18-29(24-30)27-14-5-3-6-15-27/h3-26H,1-2H3. The Morgan fingerprint density at radius 2 is 1.07 bits per heavy atom. The summed E-state index contributed by atoms with van der Waals surface area (Å²) in [5.74, 6) is 1.88. The van der Waals surface area contributed by atoms with Gasteiger partial charge in [-0.1, -0.05) is 135 Å². The first-order valence-electron chi connectivity index (χ1n) is 15.7. The quantitative estimate of drug-likeness (QED) is 0.205. The Balaban J connectivity index is 1.33. The Morgan fingerprint density at radius 3 is 1.87 bits per heavy atom. The van der Waals surface area contributed by atoms with Crippen molar-refractivity contribution >= 4 is 21.8 Å². The average Bonchev–Trinajstić information content (AvgIpc) is 3.56. The summed E-state index contributed by atoms with van der Waals surface area (Å²) in [6, 6.07) is 51.2. The summed E-state index contributed by atoms with van der Waals surface area (Å²) in [7, 11) is 0. The van der Waals surface area contributed by atoms with Crippen LogP contribution in [0.5, 0.6) is 0 Å². The van der Waals surface area contributed by atoms with Crippen LogP contribution in [0.15, 0.2) is 146 Å². The van der Waals surface area contributed by atoms with Crippen molar-refractivity contribution in [2.45, 2.75) is 19.3 Å². The summed E-state index contributed by atoms with van der Waals surface area (Å²) in [6.45, 7) is 4.66. The molecule has 1 aliphatic carbocycles. The first kappa shape index (κ1) is 26.5. The minimum absolute atomic E-state index is 0.0894. The molecule has 4 nitrogen and oxygen atoms in total. The van der Waals surface area contributed by atoms with Crippen molar-refractivity contribution < 1.29 is 0 Å². The van der Waals surface area contributed by atoms with Crippen molar-refractivity contribution in [1.82, 2.24) is 19.5 Å². The number of hydrogen-bond acceptors (Lipinski definition) is 3. The highest BCUT2D eigenvalue weighted by Gasteiger charge is 2.36. The number of aromatic nitrogens is 4. The monoisotopic (exact) mass is 590 g/mol. The average molecular weight is 591 g/mol. The molecule has 0 fully saturated rings. The van der Waals surface area contributed by atoms with Crippen LogP contribution in [0.2, 0.25) is 0 Å². The van der Waals surface area contributed by atoms with Gasteiger partial charge < -0.3 is 0 Å². The second-order valence-electron chi connectivity index (χ2n) is 12.5. The third kappa shape index (κ3) is 4.04. The van der Waals surface area contributed by atoms with Crippen LogP contribution in [0.25, 0.3) is 72.8 Å². The van der Waals surface area contributed by atoms with Crippen LogP contribution < -0.4 is 0 Å². The Morgan fingerprint density at radius 1 is 0.435 bits per heavy atom. The Labute approximate surface area is 267 Å². The van der Waals surface area contributed by atoms with Crippen molar-refractivity contribution in [3.8, 4) is 51.0 Å². The molecule has 0 N–H and O–H groups in total. The third-order valence-electron chi connectivity index (χ3n) is 9.46. The van der Waals surface area contributed by atoms with E-state index >= 15 is 0 Å². The smallest absolute Gasteiger partial charge is 0.238 e. The maximum atomic E-state index is 5.21. The highest BCUT2D eigenvalue weighted by molar-refractivity contribution is 6.11. The van der Waals surface area contributed by atoms with Gasteiger partial charge in [-0.05, 0) is 57.6 Å². The Hall–Kier alpha value is -5.87. The number of rotatable bonds is 4. The Bertz CT molecular complexity index is 2440. The van der Waals surface area contributed by atoms with Crippen molar-refractivity contribution in [2.24, 2.45) is 0 Å². The molecule has 218 valence electrons. The van der Waals surface area contributed by atoms with Crippen LogP contribution in [0.1, 0.15) is 25.0 Å². The first-order valence-corrected chi connectivity index (χ1v) is 15.7. The maximum Gasteiger partial charge on any atom is 0.238 e. The lowest BCUT2D eigenvalue weighted by Gasteiger charge is -2.21. The minimum atomic E-state index is -0.0894. The molecule has 0 spiro atoms. The predicted molar refractivity (Wildman–Crippen MR) is 188 cm³/mol. The third-order valence-corrected chi connectivity index (χ3v) is 9.46. The lowest BCUT2D eigenvalue weighted by atomic mass is 9.82. The molecule has 0 bridgehead atoms. The van der Waals surface area contributed by atoms with E-state index in [1.165, 1.54) is 33.0 Å². The summed E-state index contributed by atoms with van der Waals surface area (Å²) in [5.41, 5.74) is 11.5. The van der Waals surface area contributed by atoms with Gasteiger partial charge >= 0.3 is 0 Å². The summed E-state index contributed by atoms with van der Waals surface area (Å²) < 4.78 is 2.22. The second kappa shape index (κ2) is 10.1. The molecule has 0 aliphatic heterocycles. The van der Waals surface area contributed by atoms with Gasteiger partial charge in [-0.3, -0.25) is 4.57 Å². The number of hydrogen-bond donors (Lipinski definition) is 0. The lowest BCUT2D eigenvalue weighted by molar-refractivity contribution is 0.661. The van der Waals surface area contributed by atoms with Crippen LogP contribution in [0, 0.1) is 0 Å². The zero-order valence-corrected chi connectivity index (χ0v) is 25.6. The molecule has 9 rings (SSSR count). The first-order chi connectivity index (χ1) is 22.6. The van der Waals surface area contributed by atoms with Gasteiger partial charge in [0, 0.05) is 27.3 Å². The van der Waals surface area contributed by atoms with Crippen molar-refractivity contribution in [3.05, 3.63) is 157 Å². The number of fused-ring (bicyclic) bond motifs is 6. The van der Waals surface area contributed by atoms with E-state index in [0.29, 0.717) is 17.6 Å². The molecular formula is C42H30N4. The second-order valence-corrected chi connectivity index (χ2v) is 12.5. The SMILES string of the molecule is CC1(C)c2ccccc2-c2cc3c(cc21)c1ccccc1n3-c1nc(-c2ccccc2)nc(-c2cccc(-c3ccccc3)c2)n1. The Kier molecular flexibility index (Phi) is 5.81. The number of benzene rings is 6. The van der Waals surface area contributed by atoms with Gasteiger partial charge in [-0.15, -0.1) is 0 Å². The van der Waals surface area contributed by atoms with E-state index in [1.54, 1.807) is 0 Å². The lowest BCUT2D eigenvalue weighted by Crippen LogP contribution is -2.14. The van der Waals surface area contributed by atoms with E-state index in [9.17, 15) is 0 Å². The fourth-order valence-corrected chi connectivity index (χ4v) is 7.16. The fourth-order valence-electron chi connectivity index (χ4n) is 7.16. The summed E-state index contributed by atoms with van der Waals surface area (Å²) in [5, 5.41) is 2.38. The summed E-state index contributed by atoms with van der Waals surface area (Å²) in [6.07, 6.45) is 0. The highest BCUT2D eigenvalue weighted by atomic mass is 15.2. The molecule has 0 amide bonds. The topological polar surface area (TPSA) is 43.6 Å². The van der Waals surface area contributed by atoms with E-state index in [2.05, 4.69) is 140 Å². The molecule has 0 radical (unpaired) electrons. The highest BCUT2D eigenvalue weighted by Crippen LogP contribution is 2.50. The molecule has 2 heterocycles. The number of para-hydroxylation sites is 1. The summed E-state index contributed by atoms with van der Waals surface area (Å²) in [4.78, 5) is 15.4. The van der Waals surface area contributed by atoms with Crippen LogP contribution >= 0.6 is 0 Å². The minimum Gasteiger partial charge on any atom is -0.278 e. The van der Waals surface area contributed by atoms with E-state index < -0.39 is 0 Å². The van der Waals surface area contributed by atoms with E-state index in [-0.39, 0.29) is 5.41 Å². The number of nitrogens with zero attached hydrogens (tertiary/aromatic N) is 4. The molecule has 4 heteroatoms. The maximum absolute atomic E-state index is 5.21. The molecule has 0 unspecified atom stereocenters. The largest absolute Gasteiger partial charge is 0.278 e. The predicted octanol–water partition coefficient (Wildman–Crippen LogP) is 10.3. The molecule has 2 aromatic heterocycles. The molecule has 8 aromatic rings. The van der Waals surface area contributed by atoms with Gasteiger partial charge in [0.05, 0.1) is 11.0 Å². The molecule has 0 saturated heterocycles. The summed E-state index contributed by atoms with van der Waals surface area (Å²) >= 11 is 0. The van der Waals surface area contributed by atoms with Crippen LogP contribution in [-0.2, 0) is 5.41 Å². The molecule has 0 atom stereocenters. The van der Waals surface area contributed by atoms with Crippen molar-refractivity contribution in [2.75, 3.05) is 0 Å². The fraction of sp³-hybridized carbons (Fsp3) is 0.0714. The van der Waals surface area contributed by atoms with Gasteiger partial charge in [0.2, 0.25) is 5.95 Å². The van der Waals surface area contributed by atoms with Gasteiger partial charge in [0.25, 0.3) is 0 Å². The van der Waals surface area contributed by atoms with Gasteiger partial charge in [0.15, 0.2) is 11.6 Å². The molecule has 1 aliphatic rings. The normalized spacial score (nSPS) is 13.2. The molecular weight excluding hydrogens is 560 g/mol.